The number of methoxy groups -OCH3 is 1. The third-order valence-corrected chi connectivity index (χ3v) is 6.07. The number of hydrogen-bond donors (Lipinski definition) is 1. The normalized spacial score (nSPS) is 11.3. The zero-order valence-corrected chi connectivity index (χ0v) is 20.0. The Morgan fingerprint density at radius 2 is 1.71 bits per heavy atom. The molecule has 1 aromatic heterocycles. The van der Waals surface area contributed by atoms with Gasteiger partial charge in [-0.25, -0.2) is 4.79 Å². The molecule has 0 atom stereocenters. The maximum absolute atomic E-state index is 13.0. The average molecular weight is 462 g/mol. The van der Waals surface area contributed by atoms with Gasteiger partial charge < -0.3 is 23.9 Å². The molecule has 1 heterocycles. The SMILES string of the molecule is CCCc1ccc(OCCn2c(C)c(C(=O)OCCOC)c3cc(O)c4ccccc4c32)cc1. The van der Waals surface area contributed by atoms with Crippen LogP contribution in [0.4, 0.5) is 0 Å². The quantitative estimate of drug-likeness (QED) is 0.244. The van der Waals surface area contributed by atoms with Crippen molar-refractivity contribution >= 4 is 27.6 Å². The van der Waals surface area contributed by atoms with Crippen LogP contribution in [-0.2, 0) is 22.4 Å². The zero-order chi connectivity index (χ0) is 24.1. The first-order chi connectivity index (χ1) is 16.5. The van der Waals surface area contributed by atoms with Crippen LogP contribution in [0.1, 0.15) is 35.0 Å². The molecule has 0 fully saturated rings. The number of rotatable bonds is 10. The molecule has 0 bridgehead atoms. The molecule has 0 saturated carbocycles. The fourth-order valence-electron chi connectivity index (χ4n) is 4.44. The minimum atomic E-state index is -0.430. The van der Waals surface area contributed by atoms with Crippen LogP contribution in [0.3, 0.4) is 0 Å². The maximum atomic E-state index is 13.0. The van der Waals surface area contributed by atoms with Gasteiger partial charge in [0.05, 0.1) is 24.2 Å². The summed E-state index contributed by atoms with van der Waals surface area (Å²) in [6.45, 7) is 5.53. The standard InChI is InChI=1S/C28H31NO5/c1-4-7-20-10-12-21(13-11-20)33-15-14-29-19(2)26(28(31)34-17-16-32-3)24-18-25(30)22-8-5-6-9-23(22)27(24)29/h5-6,8-13,18,30H,4,7,14-17H2,1-3H3. The van der Waals surface area contributed by atoms with E-state index in [1.54, 1.807) is 13.2 Å². The predicted molar refractivity (Wildman–Crippen MR) is 134 cm³/mol. The molecule has 0 radical (unpaired) electrons. The van der Waals surface area contributed by atoms with Crippen molar-refractivity contribution in [3.8, 4) is 11.5 Å². The van der Waals surface area contributed by atoms with Gasteiger partial charge in [0.25, 0.3) is 0 Å². The van der Waals surface area contributed by atoms with Crippen LogP contribution in [-0.4, -0.2) is 42.6 Å². The maximum Gasteiger partial charge on any atom is 0.340 e. The fraction of sp³-hybridized carbons (Fsp3) is 0.321. The van der Waals surface area contributed by atoms with Gasteiger partial charge in [-0.15, -0.1) is 0 Å². The number of phenols is 1. The van der Waals surface area contributed by atoms with Gasteiger partial charge in [-0.05, 0) is 37.1 Å². The van der Waals surface area contributed by atoms with Crippen molar-refractivity contribution in [1.29, 1.82) is 0 Å². The minimum absolute atomic E-state index is 0.134. The van der Waals surface area contributed by atoms with Crippen LogP contribution in [0.25, 0.3) is 21.7 Å². The van der Waals surface area contributed by atoms with Crippen molar-refractivity contribution < 1.29 is 24.1 Å². The topological polar surface area (TPSA) is 69.9 Å². The molecule has 0 saturated heterocycles. The van der Waals surface area contributed by atoms with E-state index < -0.39 is 5.97 Å². The summed E-state index contributed by atoms with van der Waals surface area (Å²) in [7, 11) is 1.56. The Bertz CT molecular complexity index is 1290. The highest BCUT2D eigenvalue weighted by Gasteiger charge is 2.24. The van der Waals surface area contributed by atoms with Gasteiger partial charge in [-0.3, -0.25) is 0 Å². The van der Waals surface area contributed by atoms with Gasteiger partial charge in [0.15, 0.2) is 0 Å². The van der Waals surface area contributed by atoms with Crippen LogP contribution in [0.15, 0.2) is 54.6 Å². The summed E-state index contributed by atoms with van der Waals surface area (Å²) in [6.07, 6.45) is 2.16. The van der Waals surface area contributed by atoms with Crippen molar-refractivity contribution in [1.82, 2.24) is 4.57 Å². The van der Waals surface area contributed by atoms with Crippen molar-refractivity contribution in [3.05, 3.63) is 71.4 Å². The lowest BCUT2D eigenvalue weighted by Gasteiger charge is -2.12. The van der Waals surface area contributed by atoms with Gasteiger partial charge in [0, 0.05) is 29.0 Å². The first-order valence-corrected chi connectivity index (χ1v) is 11.7. The molecule has 4 rings (SSSR count). The van der Waals surface area contributed by atoms with Gasteiger partial charge in [-0.1, -0.05) is 49.7 Å². The van der Waals surface area contributed by atoms with Gasteiger partial charge in [0.2, 0.25) is 0 Å². The fourth-order valence-corrected chi connectivity index (χ4v) is 4.44. The van der Waals surface area contributed by atoms with E-state index >= 15 is 0 Å². The van der Waals surface area contributed by atoms with Crippen LogP contribution < -0.4 is 4.74 Å². The van der Waals surface area contributed by atoms with Gasteiger partial charge >= 0.3 is 5.97 Å². The molecular formula is C28H31NO5. The van der Waals surface area contributed by atoms with Crippen LogP contribution in [0.5, 0.6) is 11.5 Å². The van der Waals surface area contributed by atoms with Gasteiger partial charge in [-0.2, -0.15) is 0 Å². The Morgan fingerprint density at radius 3 is 2.41 bits per heavy atom. The smallest absolute Gasteiger partial charge is 0.340 e. The first-order valence-electron chi connectivity index (χ1n) is 11.7. The van der Waals surface area contributed by atoms with Crippen LogP contribution in [0.2, 0.25) is 0 Å². The molecule has 1 N–H and O–H groups in total. The lowest BCUT2D eigenvalue weighted by molar-refractivity contribution is 0.0389. The number of benzene rings is 3. The zero-order valence-electron chi connectivity index (χ0n) is 20.0. The Morgan fingerprint density at radius 1 is 0.971 bits per heavy atom. The largest absolute Gasteiger partial charge is 0.507 e. The number of nitrogens with zero attached hydrogens (tertiary/aromatic N) is 1. The second-order valence-corrected chi connectivity index (χ2v) is 8.32. The number of fused-ring (bicyclic) bond motifs is 3. The second-order valence-electron chi connectivity index (χ2n) is 8.32. The van der Waals surface area contributed by atoms with E-state index in [1.807, 2.05) is 43.3 Å². The highest BCUT2D eigenvalue weighted by atomic mass is 16.6. The summed E-state index contributed by atoms with van der Waals surface area (Å²) >= 11 is 0. The lowest BCUT2D eigenvalue weighted by Crippen LogP contribution is -2.13. The molecule has 6 heteroatoms. The molecule has 0 aliphatic rings. The Labute approximate surface area is 199 Å². The van der Waals surface area contributed by atoms with E-state index in [0.717, 1.165) is 40.6 Å². The second kappa shape index (κ2) is 10.6. The molecule has 0 spiro atoms. The summed E-state index contributed by atoms with van der Waals surface area (Å²) < 4.78 is 18.6. The number of ether oxygens (including phenoxy) is 3. The van der Waals surface area contributed by atoms with E-state index in [4.69, 9.17) is 14.2 Å². The Kier molecular flexibility index (Phi) is 7.38. The molecule has 0 unspecified atom stereocenters. The first kappa shape index (κ1) is 23.6. The highest BCUT2D eigenvalue weighted by Crippen LogP contribution is 2.37. The molecule has 6 nitrogen and oxygen atoms in total. The molecule has 0 aliphatic heterocycles. The van der Waals surface area contributed by atoms with E-state index in [1.165, 1.54) is 5.56 Å². The summed E-state index contributed by atoms with van der Waals surface area (Å²) in [5.41, 5.74) is 3.41. The molecular weight excluding hydrogens is 430 g/mol. The number of hydrogen-bond acceptors (Lipinski definition) is 5. The number of aromatic hydroxyl groups is 1. The van der Waals surface area contributed by atoms with Crippen LogP contribution in [0, 0.1) is 6.92 Å². The average Bonchev–Trinajstić information content (AvgIpc) is 3.12. The van der Waals surface area contributed by atoms with E-state index in [0.29, 0.717) is 30.7 Å². The van der Waals surface area contributed by atoms with Crippen molar-refractivity contribution in [2.75, 3.05) is 26.9 Å². The molecule has 34 heavy (non-hydrogen) atoms. The van der Waals surface area contributed by atoms with Crippen molar-refractivity contribution in [2.24, 2.45) is 0 Å². The van der Waals surface area contributed by atoms with Crippen molar-refractivity contribution in [3.63, 3.8) is 0 Å². The minimum Gasteiger partial charge on any atom is -0.507 e. The third kappa shape index (κ3) is 4.73. The molecule has 0 amide bonds. The van der Waals surface area contributed by atoms with Crippen LogP contribution >= 0.6 is 0 Å². The Hall–Kier alpha value is -3.51. The number of carbonyl (C=O) groups excluding carboxylic acids is 1. The number of aromatic nitrogens is 1. The summed E-state index contributed by atoms with van der Waals surface area (Å²) in [5, 5.41) is 12.9. The summed E-state index contributed by atoms with van der Waals surface area (Å²) in [6, 6.07) is 17.5. The molecule has 4 aromatic rings. The highest BCUT2D eigenvalue weighted by molar-refractivity contribution is 6.16. The molecule has 3 aromatic carbocycles. The number of esters is 1. The van der Waals surface area contributed by atoms with E-state index in [9.17, 15) is 9.90 Å². The van der Waals surface area contributed by atoms with Crippen molar-refractivity contribution in [2.45, 2.75) is 33.2 Å². The third-order valence-electron chi connectivity index (χ3n) is 6.07. The molecule has 0 aliphatic carbocycles. The number of aryl methyl sites for hydroxylation is 1. The lowest BCUT2D eigenvalue weighted by atomic mass is 10.0. The monoisotopic (exact) mass is 461 g/mol. The summed E-state index contributed by atoms with van der Waals surface area (Å²) in [4.78, 5) is 13.0. The Balaban J connectivity index is 1.69. The predicted octanol–water partition coefficient (Wildman–Crippen LogP) is 5.64. The van der Waals surface area contributed by atoms with Gasteiger partial charge in [0.1, 0.15) is 24.7 Å². The van der Waals surface area contributed by atoms with E-state index in [-0.39, 0.29) is 12.4 Å². The number of carbonyl (C=O) groups is 1. The number of phenolic OH excluding ortho intramolecular Hbond substituents is 1. The van der Waals surface area contributed by atoms with E-state index in [2.05, 4.69) is 23.6 Å². The molecule has 178 valence electrons. The summed E-state index contributed by atoms with van der Waals surface area (Å²) in [5.74, 6) is 0.519.